The smallest absolute Gasteiger partial charge is 0.135 e. The predicted octanol–water partition coefficient (Wildman–Crippen LogP) is 6.13. The molecule has 6 aromatic carbocycles. The van der Waals surface area contributed by atoms with Gasteiger partial charge in [0, 0.05) is 10.6 Å². The summed E-state index contributed by atoms with van der Waals surface area (Å²) in [5.41, 5.74) is 0. The number of ether oxygens (including phenoxy) is 1. The van der Waals surface area contributed by atoms with Crippen molar-refractivity contribution in [2.24, 2.45) is 0 Å². The van der Waals surface area contributed by atoms with Gasteiger partial charge in [-0.2, -0.15) is 0 Å². The molecular formula is C38H32OP2Si. The van der Waals surface area contributed by atoms with Crippen molar-refractivity contribution in [1.82, 2.24) is 0 Å². The molecular weight excluding hydrogens is 562 g/mol. The maximum absolute atomic E-state index is 7.29. The van der Waals surface area contributed by atoms with Crippen molar-refractivity contribution in [2.45, 2.75) is 13.1 Å². The molecule has 6 aromatic rings. The van der Waals surface area contributed by atoms with Gasteiger partial charge in [0.2, 0.25) is 0 Å². The minimum absolute atomic E-state index is 0.801. The van der Waals surface area contributed by atoms with Crippen LogP contribution in [0.25, 0.3) is 0 Å². The molecule has 204 valence electrons. The van der Waals surface area contributed by atoms with Crippen molar-refractivity contribution in [2.75, 3.05) is 0 Å². The van der Waals surface area contributed by atoms with E-state index in [0.717, 1.165) is 11.5 Å². The van der Waals surface area contributed by atoms with Crippen molar-refractivity contribution in [3.8, 4) is 11.5 Å². The summed E-state index contributed by atoms with van der Waals surface area (Å²) in [6.45, 7) is 4.97. The minimum atomic E-state index is -2.09. The molecule has 0 aliphatic carbocycles. The Morgan fingerprint density at radius 2 is 0.690 bits per heavy atom. The Morgan fingerprint density at radius 3 is 1.00 bits per heavy atom. The predicted molar refractivity (Wildman–Crippen MR) is 187 cm³/mol. The highest BCUT2D eigenvalue weighted by Gasteiger charge is 2.40. The number of hydrogen-bond acceptors (Lipinski definition) is 1. The van der Waals surface area contributed by atoms with Crippen LogP contribution in [0.1, 0.15) is 0 Å². The molecule has 0 radical (unpaired) electrons. The van der Waals surface area contributed by atoms with Crippen molar-refractivity contribution >= 4 is 66.1 Å². The summed E-state index contributed by atoms with van der Waals surface area (Å²) >= 11 is 0. The first-order valence-electron chi connectivity index (χ1n) is 14.4. The van der Waals surface area contributed by atoms with Crippen molar-refractivity contribution in [3.05, 3.63) is 158 Å². The van der Waals surface area contributed by atoms with E-state index in [-0.39, 0.29) is 0 Å². The Hall–Kier alpha value is -3.80. The SMILES string of the molecule is C[Si]1(C)c2cccc(P(c3ccccc3)c3ccccc3)c2Oc2c(P(c3ccccc3)c3ccccc3)cccc21. The Balaban J connectivity index is 1.45. The molecule has 0 aromatic heterocycles. The lowest BCUT2D eigenvalue weighted by atomic mass is 10.3. The summed E-state index contributed by atoms with van der Waals surface area (Å²) in [5.74, 6) is 2.15. The number of hydrogen-bond donors (Lipinski definition) is 0. The van der Waals surface area contributed by atoms with E-state index < -0.39 is 23.9 Å². The Bertz CT molecular complexity index is 1610. The van der Waals surface area contributed by atoms with Crippen LogP contribution in [0.15, 0.2) is 158 Å². The van der Waals surface area contributed by atoms with E-state index in [0.29, 0.717) is 0 Å². The summed E-state index contributed by atoms with van der Waals surface area (Å²) in [4.78, 5) is 0. The fraction of sp³-hybridized carbons (Fsp3) is 0.0526. The third-order valence-electron chi connectivity index (χ3n) is 8.08. The van der Waals surface area contributed by atoms with Crippen molar-refractivity contribution in [3.63, 3.8) is 0 Å². The first-order chi connectivity index (χ1) is 20.6. The molecule has 0 unspecified atom stereocenters. The third kappa shape index (κ3) is 4.85. The molecule has 0 amide bonds. The zero-order chi connectivity index (χ0) is 28.5. The standard InChI is InChI=1S/C38H32OP2Si/c1-42(2)35-27-15-25-33(40(29-17-7-3-8-18-29)30-19-9-4-10-20-30)37(35)39-38-34(26-16-28-36(38)42)41(31-21-11-5-12-22-31)32-23-13-6-14-24-32/h3-28H,1-2H3. The van der Waals surface area contributed by atoms with Crippen molar-refractivity contribution in [1.29, 1.82) is 0 Å². The monoisotopic (exact) mass is 594 g/mol. The summed E-state index contributed by atoms with van der Waals surface area (Å²) in [6, 6.07) is 57.6. The van der Waals surface area contributed by atoms with Gasteiger partial charge in [-0.15, -0.1) is 0 Å². The van der Waals surface area contributed by atoms with Gasteiger partial charge in [0.05, 0.1) is 0 Å². The van der Waals surface area contributed by atoms with Gasteiger partial charge in [-0.1, -0.05) is 171 Å². The molecule has 0 N–H and O–H groups in total. The van der Waals surface area contributed by atoms with Gasteiger partial charge in [0.15, 0.2) is 0 Å². The molecule has 1 aliphatic rings. The third-order valence-corrected chi connectivity index (χ3v) is 16.5. The Labute approximate surface area is 252 Å². The molecule has 1 aliphatic heterocycles. The summed E-state index contributed by atoms with van der Waals surface area (Å²) < 4.78 is 7.29. The molecule has 1 heterocycles. The van der Waals surface area contributed by atoms with Crippen LogP contribution >= 0.6 is 15.8 Å². The van der Waals surface area contributed by atoms with Crippen LogP contribution in [0.5, 0.6) is 11.5 Å². The molecule has 7 rings (SSSR count). The molecule has 0 saturated carbocycles. The van der Waals surface area contributed by atoms with Crippen LogP contribution < -0.4 is 46.9 Å². The van der Waals surface area contributed by atoms with Gasteiger partial charge < -0.3 is 4.74 Å². The lowest BCUT2D eigenvalue weighted by molar-refractivity contribution is 0.494. The fourth-order valence-corrected chi connectivity index (χ4v) is 13.8. The second-order valence-corrected chi connectivity index (χ2v) is 19.7. The normalized spacial score (nSPS) is 13.3. The van der Waals surface area contributed by atoms with Crippen LogP contribution in [0.2, 0.25) is 13.1 Å². The Morgan fingerprint density at radius 1 is 0.381 bits per heavy atom. The topological polar surface area (TPSA) is 9.23 Å². The van der Waals surface area contributed by atoms with Crippen LogP contribution in [-0.2, 0) is 0 Å². The molecule has 4 heteroatoms. The average molecular weight is 595 g/mol. The zero-order valence-corrected chi connectivity index (χ0v) is 26.6. The van der Waals surface area contributed by atoms with E-state index in [2.05, 4.69) is 171 Å². The number of rotatable bonds is 6. The van der Waals surface area contributed by atoms with E-state index in [1.165, 1.54) is 42.2 Å². The lowest BCUT2D eigenvalue weighted by Gasteiger charge is -2.37. The average Bonchev–Trinajstić information content (AvgIpc) is 3.04. The maximum atomic E-state index is 7.29. The van der Waals surface area contributed by atoms with Gasteiger partial charge in [-0.05, 0) is 47.4 Å². The lowest BCUT2D eigenvalue weighted by Crippen LogP contribution is -2.58. The van der Waals surface area contributed by atoms with Gasteiger partial charge in [-0.3, -0.25) is 0 Å². The maximum Gasteiger partial charge on any atom is 0.135 e. The minimum Gasteiger partial charge on any atom is -0.456 e. The van der Waals surface area contributed by atoms with Crippen LogP contribution in [0.4, 0.5) is 0 Å². The molecule has 42 heavy (non-hydrogen) atoms. The summed E-state index contributed by atoms with van der Waals surface area (Å²) in [7, 11) is -3.70. The first kappa shape index (κ1) is 27.1. The van der Waals surface area contributed by atoms with E-state index >= 15 is 0 Å². The molecule has 0 bridgehead atoms. The molecule has 0 atom stereocenters. The van der Waals surface area contributed by atoms with Crippen molar-refractivity contribution < 1.29 is 4.74 Å². The first-order valence-corrected chi connectivity index (χ1v) is 20.1. The van der Waals surface area contributed by atoms with Gasteiger partial charge in [0.25, 0.3) is 0 Å². The van der Waals surface area contributed by atoms with Gasteiger partial charge in [-0.25, -0.2) is 0 Å². The van der Waals surface area contributed by atoms with Crippen LogP contribution in [0.3, 0.4) is 0 Å². The highest BCUT2D eigenvalue weighted by Crippen LogP contribution is 2.42. The highest BCUT2D eigenvalue weighted by atomic mass is 31.1. The quantitative estimate of drug-likeness (QED) is 0.167. The second-order valence-electron chi connectivity index (χ2n) is 11.0. The Kier molecular flexibility index (Phi) is 7.39. The van der Waals surface area contributed by atoms with Gasteiger partial charge >= 0.3 is 0 Å². The zero-order valence-electron chi connectivity index (χ0n) is 23.8. The van der Waals surface area contributed by atoms with E-state index in [1.54, 1.807) is 0 Å². The number of benzene rings is 6. The molecule has 1 nitrogen and oxygen atoms in total. The highest BCUT2D eigenvalue weighted by molar-refractivity contribution is 7.80. The molecule has 0 fully saturated rings. The summed E-state index contributed by atoms with van der Waals surface area (Å²) in [6.07, 6.45) is 0. The van der Waals surface area contributed by atoms with Crippen LogP contribution in [0, 0.1) is 0 Å². The number of para-hydroxylation sites is 2. The number of fused-ring (bicyclic) bond motifs is 2. The van der Waals surface area contributed by atoms with Crippen LogP contribution in [-0.4, -0.2) is 8.07 Å². The molecule has 0 saturated heterocycles. The second kappa shape index (κ2) is 11.5. The fourth-order valence-electron chi connectivity index (χ4n) is 6.01. The van der Waals surface area contributed by atoms with E-state index in [1.807, 2.05) is 0 Å². The largest absolute Gasteiger partial charge is 0.456 e. The summed E-state index contributed by atoms with van der Waals surface area (Å²) in [5, 5.41) is 10.7. The van der Waals surface area contributed by atoms with E-state index in [9.17, 15) is 0 Å². The molecule has 0 spiro atoms. The van der Waals surface area contributed by atoms with Gasteiger partial charge in [0.1, 0.15) is 19.6 Å². The van der Waals surface area contributed by atoms with E-state index in [4.69, 9.17) is 4.74 Å².